The average molecular weight is 406 g/mol. The smallest absolute Gasteiger partial charge is 0.266 e. The lowest BCUT2D eigenvalue weighted by Gasteiger charge is -2.12. The third-order valence-electron chi connectivity index (χ3n) is 3.30. The second-order valence-corrected chi connectivity index (χ2v) is 6.21. The summed E-state index contributed by atoms with van der Waals surface area (Å²) in [6, 6.07) is 12.6. The normalized spacial score (nSPS) is 10.9. The van der Waals surface area contributed by atoms with Crippen molar-refractivity contribution in [2.24, 2.45) is 0 Å². The van der Waals surface area contributed by atoms with Crippen LogP contribution in [-0.2, 0) is 4.79 Å². The molecule has 1 N–H and O–H groups in total. The summed E-state index contributed by atoms with van der Waals surface area (Å²) < 4.78 is 6.02. The summed E-state index contributed by atoms with van der Waals surface area (Å²) in [5, 5.41) is 12.5. The molecule has 4 nitrogen and oxygen atoms in total. The predicted molar refractivity (Wildman–Crippen MR) is 99.1 cm³/mol. The van der Waals surface area contributed by atoms with Gasteiger partial charge >= 0.3 is 0 Å². The lowest BCUT2D eigenvalue weighted by molar-refractivity contribution is -0.112. The van der Waals surface area contributed by atoms with Gasteiger partial charge in [-0.15, -0.1) is 0 Å². The van der Waals surface area contributed by atoms with Crippen LogP contribution >= 0.6 is 27.5 Å². The number of hydrogen-bond donors (Lipinski definition) is 1. The van der Waals surface area contributed by atoms with Gasteiger partial charge in [0.15, 0.2) is 0 Å². The van der Waals surface area contributed by atoms with Crippen molar-refractivity contribution in [3.63, 3.8) is 0 Å². The van der Waals surface area contributed by atoms with Crippen LogP contribution in [0.15, 0.2) is 46.4 Å². The molecule has 0 radical (unpaired) electrons. The highest BCUT2D eigenvalue weighted by atomic mass is 79.9. The molecule has 24 heavy (non-hydrogen) atoms. The number of nitriles is 1. The molecule has 0 unspecified atom stereocenters. The third kappa shape index (κ3) is 4.16. The van der Waals surface area contributed by atoms with Crippen LogP contribution in [0, 0.1) is 18.3 Å². The summed E-state index contributed by atoms with van der Waals surface area (Å²) in [6.45, 7) is 1.82. The third-order valence-corrected chi connectivity index (χ3v) is 4.43. The first kappa shape index (κ1) is 18.1. The van der Waals surface area contributed by atoms with E-state index in [0.29, 0.717) is 16.5 Å². The molecular formula is C18H14BrClN2O2. The van der Waals surface area contributed by atoms with Gasteiger partial charge in [-0.3, -0.25) is 4.79 Å². The van der Waals surface area contributed by atoms with Gasteiger partial charge in [0.05, 0.1) is 12.8 Å². The Balaban J connectivity index is 2.33. The first-order valence-corrected chi connectivity index (χ1v) is 8.15. The summed E-state index contributed by atoms with van der Waals surface area (Å²) in [5.74, 6) is -0.0922. The Morgan fingerprint density at radius 3 is 2.71 bits per heavy atom. The topological polar surface area (TPSA) is 62.1 Å². The number of carbonyl (C=O) groups is 1. The maximum atomic E-state index is 12.4. The maximum absolute atomic E-state index is 12.4. The molecule has 2 aromatic rings. The highest BCUT2D eigenvalue weighted by molar-refractivity contribution is 9.10. The van der Waals surface area contributed by atoms with Gasteiger partial charge in [0, 0.05) is 15.6 Å². The van der Waals surface area contributed by atoms with Crippen molar-refractivity contribution < 1.29 is 9.53 Å². The van der Waals surface area contributed by atoms with Gasteiger partial charge in [0.25, 0.3) is 5.91 Å². The zero-order valence-electron chi connectivity index (χ0n) is 13.1. The van der Waals surface area contributed by atoms with Gasteiger partial charge < -0.3 is 10.1 Å². The van der Waals surface area contributed by atoms with Gasteiger partial charge in [-0.1, -0.05) is 45.7 Å². The molecule has 1 amide bonds. The number of amides is 1. The van der Waals surface area contributed by atoms with Crippen LogP contribution < -0.4 is 10.1 Å². The number of aryl methyl sites for hydroxylation is 1. The van der Waals surface area contributed by atoms with Crippen molar-refractivity contribution in [3.8, 4) is 11.8 Å². The Morgan fingerprint density at radius 1 is 1.38 bits per heavy atom. The Bertz CT molecular complexity index is 857. The second kappa shape index (κ2) is 8.00. The van der Waals surface area contributed by atoms with Gasteiger partial charge in [-0.2, -0.15) is 5.26 Å². The molecule has 0 aliphatic rings. The summed E-state index contributed by atoms with van der Waals surface area (Å²) >= 11 is 9.44. The number of halogens is 2. The van der Waals surface area contributed by atoms with Crippen LogP contribution in [0.1, 0.15) is 11.1 Å². The largest absolute Gasteiger partial charge is 0.495 e. The van der Waals surface area contributed by atoms with E-state index < -0.39 is 5.91 Å². The molecule has 0 spiro atoms. The minimum absolute atomic E-state index is 0.0171. The van der Waals surface area contributed by atoms with E-state index in [4.69, 9.17) is 16.3 Å². The fourth-order valence-corrected chi connectivity index (χ4v) is 2.57. The summed E-state index contributed by atoms with van der Waals surface area (Å²) in [4.78, 5) is 12.4. The molecule has 0 atom stereocenters. The fourth-order valence-electron chi connectivity index (χ4n) is 2.02. The summed E-state index contributed by atoms with van der Waals surface area (Å²) in [6.07, 6.45) is 1.52. The lowest BCUT2D eigenvalue weighted by Crippen LogP contribution is -2.14. The van der Waals surface area contributed by atoms with Crippen LogP contribution in [0.25, 0.3) is 6.08 Å². The van der Waals surface area contributed by atoms with Gasteiger partial charge in [-0.25, -0.2) is 0 Å². The van der Waals surface area contributed by atoms with Crippen LogP contribution in [0.4, 0.5) is 5.69 Å². The molecule has 2 rings (SSSR count). The quantitative estimate of drug-likeness (QED) is 0.577. The lowest BCUT2D eigenvalue weighted by atomic mass is 10.1. The van der Waals surface area contributed by atoms with Crippen molar-refractivity contribution >= 4 is 45.2 Å². The molecule has 122 valence electrons. The molecule has 0 aromatic heterocycles. The number of ether oxygens (including phenoxy) is 1. The molecule has 0 saturated carbocycles. The number of hydrogen-bond acceptors (Lipinski definition) is 3. The van der Waals surface area contributed by atoms with E-state index in [0.717, 1.165) is 15.6 Å². The van der Waals surface area contributed by atoms with E-state index in [9.17, 15) is 10.1 Å². The number of rotatable bonds is 4. The van der Waals surface area contributed by atoms with E-state index in [-0.39, 0.29) is 5.57 Å². The van der Waals surface area contributed by atoms with Crippen LogP contribution in [0.3, 0.4) is 0 Å². The number of methoxy groups -OCH3 is 1. The van der Waals surface area contributed by atoms with Crippen LogP contribution in [0.2, 0.25) is 5.02 Å². The molecule has 0 saturated heterocycles. The summed E-state index contributed by atoms with van der Waals surface area (Å²) in [7, 11) is 1.48. The molecule has 0 bridgehead atoms. The van der Waals surface area contributed by atoms with E-state index in [1.54, 1.807) is 12.1 Å². The molecular weight excluding hydrogens is 392 g/mol. The van der Waals surface area contributed by atoms with E-state index in [2.05, 4.69) is 21.2 Å². The van der Waals surface area contributed by atoms with Crippen LogP contribution in [-0.4, -0.2) is 13.0 Å². The Hall–Kier alpha value is -2.29. The Kier molecular flexibility index (Phi) is 6.02. The van der Waals surface area contributed by atoms with E-state index >= 15 is 0 Å². The van der Waals surface area contributed by atoms with Crippen molar-refractivity contribution in [2.45, 2.75) is 6.92 Å². The van der Waals surface area contributed by atoms with Crippen LogP contribution in [0.5, 0.6) is 5.75 Å². The zero-order valence-corrected chi connectivity index (χ0v) is 15.4. The number of anilines is 1. The minimum atomic E-state index is -0.520. The van der Waals surface area contributed by atoms with Crippen molar-refractivity contribution in [1.29, 1.82) is 5.26 Å². The predicted octanol–water partition coefficient (Wildman–Crippen LogP) is 4.97. The molecule has 0 heterocycles. The van der Waals surface area contributed by atoms with Gasteiger partial charge in [-0.05, 0) is 36.3 Å². The minimum Gasteiger partial charge on any atom is -0.495 e. The standard InChI is InChI=1S/C18H14BrClN2O2/c1-11-7-16(17(24-2)9-15(11)20)22-18(23)13(10-21)8-12-5-3-4-6-14(12)19/h3-9H,1-2H3,(H,22,23)/b13-8+. The number of nitrogens with one attached hydrogen (secondary N) is 1. The van der Waals surface area contributed by atoms with Gasteiger partial charge in [0.2, 0.25) is 0 Å². The highest BCUT2D eigenvalue weighted by Crippen LogP contribution is 2.31. The maximum Gasteiger partial charge on any atom is 0.266 e. The second-order valence-electron chi connectivity index (χ2n) is 4.95. The average Bonchev–Trinajstić information content (AvgIpc) is 2.57. The first-order valence-electron chi connectivity index (χ1n) is 6.98. The molecule has 2 aromatic carbocycles. The highest BCUT2D eigenvalue weighted by Gasteiger charge is 2.14. The van der Waals surface area contributed by atoms with Crippen molar-refractivity contribution in [2.75, 3.05) is 12.4 Å². The van der Waals surface area contributed by atoms with Crippen molar-refractivity contribution in [1.82, 2.24) is 0 Å². The van der Waals surface area contributed by atoms with Crippen molar-refractivity contribution in [3.05, 3.63) is 62.6 Å². The fraction of sp³-hybridized carbons (Fsp3) is 0.111. The zero-order chi connectivity index (χ0) is 17.7. The Morgan fingerprint density at radius 2 is 2.08 bits per heavy atom. The number of carbonyl (C=O) groups excluding carboxylic acids is 1. The number of benzene rings is 2. The molecule has 6 heteroatoms. The van der Waals surface area contributed by atoms with Gasteiger partial charge in [0.1, 0.15) is 17.4 Å². The molecule has 0 aliphatic carbocycles. The monoisotopic (exact) mass is 404 g/mol. The SMILES string of the molecule is COc1cc(Cl)c(C)cc1NC(=O)/C(C#N)=C/c1ccccc1Br. The summed E-state index contributed by atoms with van der Waals surface area (Å²) in [5.41, 5.74) is 1.97. The number of nitrogens with zero attached hydrogens (tertiary/aromatic N) is 1. The van der Waals surface area contributed by atoms with E-state index in [1.807, 2.05) is 37.3 Å². The van der Waals surface area contributed by atoms with E-state index in [1.165, 1.54) is 13.2 Å². The molecule has 0 fully saturated rings. The Labute approximate surface area is 153 Å². The molecule has 0 aliphatic heterocycles. The first-order chi connectivity index (χ1) is 11.5.